The molecule has 2 heterocycles. The molecule has 0 atom stereocenters. The van der Waals surface area contributed by atoms with E-state index in [1.807, 2.05) is 12.1 Å². The molecular formula is C25H25N3O4. The van der Waals surface area contributed by atoms with Gasteiger partial charge in [-0.05, 0) is 53.1 Å². The van der Waals surface area contributed by atoms with Gasteiger partial charge in [0.15, 0.2) is 0 Å². The number of aromatic nitrogens is 1. The average Bonchev–Trinajstić information content (AvgIpc) is 2.85. The van der Waals surface area contributed by atoms with E-state index < -0.39 is 0 Å². The number of carbonyl (C=O) groups is 2. The number of rotatable bonds is 6. The maximum Gasteiger partial charge on any atom is 0.338 e. The standard InChI is InChI=1S/C25H25N3O4/c26-16-20-5-4-18(24(29)28-21-6-10-27-11-7-21)15-23(20)17-2-1-3-19(14-17)25(30)32-22-8-12-31-13-9-22/h1-7,10-11,14-15,22H,8-9,12-13,16,26H2,(H,27,28,29). The van der Waals surface area contributed by atoms with Crippen molar-refractivity contribution < 1.29 is 19.1 Å². The van der Waals surface area contributed by atoms with Crippen LogP contribution in [0.1, 0.15) is 39.1 Å². The molecule has 0 bridgehead atoms. The van der Waals surface area contributed by atoms with Crippen molar-refractivity contribution in [2.45, 2.75) is 25.5 Å². The Morgan fingerprint density at radius 1 is 1.03 bits per heavy atom. The number of ether oxygens (including phenoxy) is 2. The second-order valence-corrected chi connectivity index (χ2v) is 7.56. The second-order valence-electron chi connectivity index (χ2n) is 7.56. The highest BCUT2D eigenvalue weighted by Gasteiger charge is 2.20. The number of nitrogens with zero attached hydrogens (tertiary/aromatic N) is 1. The molecule has 3 aromatic rings. The van der Waals surface area contributed by atoms with Crippen molar-refractivity contribution in [3.05, 3.63) is 83.7 Å². The number of nitrogens with one attached hydrogen (secondary N) is 1. The van der Waals surface area contributed by atoms with Crippen molar-refractivity contribution in [2.24, 2.45) is 5.73 Å². The van der Waals surface area contributed by atoms with Crippen molar-refractivity contribution >= 4 is 17.6 Å². The lowest BCUT2D eigenvalue weighted by Gasteiger charge is -2.22. The van der Waals surface area contributed by atoms with Gasteiger partial charge in [0.2, 0.25) is 0 Å². The first kappa shape index (κ1) is 21.7. The van der Waals surface area contributed by atoms with Gasteiger partial charge in [0.05, 0.1) is 18.8 Å². The normalized spacial score (nSPS) is 14.0. The molecule has 0 radical (unpaired) electrons. The third kappa shape index (κ3) is 5.19. The van der Waals surface area contributed by atoms with Gasteiger partial charge in [0.25, 0.3) is 5.91 Å². The van der Waals surface area contributed by atoms with Gasteiger partial charge in [-0.2, -0.15) is 0 Å². The van der Waals surface area contributed by atoms with Gasteiger partial charge >= 0.3 is 5.97 Å². The quantitative estimate of drug-likeness (QED) is 0.576. The van der Waals surface area contributed by atoms with E-state index in [0.29, 0.717) is 49.4 Å². The van der Waals surface area contributed by atoms with Crippen molar-refractivity contribution in [3.63, 3.8) is 0 Å². The van der Waals surface area contributed by atoms with E-state index in [1.165, 1.54) is 0 Å². The summed E-state index contributed by atoms with van der Waals surface area (Å²) >= 11 is 0. The molecule has 1 fully saturated rings. The minimum Gasteiger partial charge on any atom is -0.459 e. The van der Waals surface area contributed by atoms with Crippen LogP contribution < -0.4 is 11.1 Å². The topological polar surface area (TPSA) is 104 Å². The number of esters is 1. The molecule has 1 aromatic heterocycles. The van der Waals surface area contributed by atoms with Crippen molar-refractivity contribution in [3.8, 4) is 11.1 Å². The average molecular weight is 431 g/mol. The fourth-order valence-electron chi connectivity index (χ4n) is 3.63. The van der Waals surface area contributed by atoms with Gasteiger partial charge in [0, 0.05) is 43.0 Å². The van der Waals surface area contributed by atoms with E-state index in [-0.39, 0.29) is 18.0 Å². The van der Waals surface area contributed by atoms with Crippen molar-refractivity contribution in [1.29, 1.82) is 0 Å². The van der Waals surface area contributed by atoms with E-state index in [4.69, 9.17) is 15.2 Å². The summed E-state index contributed by atoms with van der Waals surface area (Å²) in [6.07, 6.45) is 4.52. The molecular weight excluding hydrogens is 406 g/mol. The summed E-state index contributed by atoms with van der Waals surface area (Å²) in [5, 5.41) is 2.85. The largest absolute Gasteiger partial charge is 0.459 e. The van der Waals surface area contributed by atoms with Crippen LogP contribution >= 0.6 is 0 Å². The molecule has 1 aliphatic heterocycles. The summed E-state index contributed by atoms with van der Waals surface area (Å²) in [5.74, 6) is -0.601. The molecule has 2 aromatic carbocycles. The number of pyridine rings is 1. The third-order valence-corrected chi connectivity index (χ3v) is 5.38. The summed E-state index contributed by atoms with van der Waals surface area (Å²) in [6, 6.07) is 16.0. The molecule has 4 rings (SSSR count). The summed E-state index contributed by atoms with van der Waals surface area (Å²) in [7, 11) is 0. The molecule has 0 saturated carbocycles. The van der Waals surface area contributed by atoms with Crippen LogP contribution in [0, 0.1) is 0 Å². The molecule has 0 aliphatic carbocycles. The molecule has 0 spiro atoms. The predicted molar refractivity (Wildman–Crippen MR) is 121 cm³/mol. The Hall–Kier alpha value is -3.55. The number of nitrogens with two attached hydrogens (primary N) is 1. The lowest BCUT2D eigenvalue weighted by molar-refractivity contribution is -0.0159. The number of benzene rings is 2. The predicted octanol–water partition coefficient (Wildman–Crippen LogP) is 3.80. The lowest BCUT2D eigenvalue weighted by atomic mass is 9.95. The van der Waals surface area contributed by atoms with E-state index in [9.17, 15) is 9.59 Å². The molecule has 1 saturated heterocycles. The highest BCUT2D eigenvalue weighted by atomic mass is 16.6. The minimum atomic E-state index is -0.361. The maximum atomic E-state index is 12.7. The van der Waals surface area contributed by atoms with Gasteiger partial charge in [-0.15, -0.1) is 0 Å². The zero-order valence-electron chi connectivity index (χ0n) is 17.6. The number of hydrogen-bond acceptors (Lipinski definition) is 6. The first-order valence-electron chi connectivity index (χ1n) is 10.6. The SMILES string of the molecule is NCc1ccc(C(=O)Nc2ccncc2)cc1-c1cccc(C(=O)OC2CCOCC2)c1. The Morgan fingerprint density at radius 3 is 2.56 bits per heavy atom. The number of hydrogen-bond donors (Lipinski definition) is 2. The van der Waals surface area contributed by atoms with Crippen LogP contribution in [-0.2, 0) is 16.0 Å². The number of carbonyl (C=O) groups excluding carboxylic acids is 2. The monoisotopic (exact) mass is 431 g/mol. The maximum absolute atomic E-state index is 12.7. The Bertz CT molecular complexity index is 1100. The lowest BCUT2D eigenvalue weighted by Crippen LogP contribution is -2.26. The molecule has 0 unspecified atom stereocenters. The fourth-order valence-corrected chi connectivity index (χ4v) is 3.63. The fraction of sp³-hybridized carbons (Fsp3) is 0.240. The molecule has 32 heavy (non-hydrogen) atoms. The summed E-state index contributed by atoms with van der Waals surface area (Å²) in [5.41, 5.74) is 10.0. The first-order valence-corrected chi connectivity index (χ1v) is 10.6. The Kier molecular flexibility index (Phi) is 6.89. The highest BCUT2D eigenvalue weighted by molar-refractivity contribution is 6.05. The summed E-state index contributed by atoms with van der Waals surface area (Å²) < 4.78 is 11.0. The molecule has 7 nitrogen and oxygen atoms in total. The summed E-state index contributed by atoms with van der Waals surface area (Å²) in [6.45, 7) is 1.51. The first-order chi connectivity index (χ1) is 15.6. The van der Waals surface area contributed by atoms with Gasteiger partial charge in [-0.3, -0.25) is 9.78 Å². The third-order valence-electron chi connectivity index (χ3n) is 5.38. The molecule has 164 valence electrons. The van der Waals surface area contributed by atoms with Gasteiger partial charge in [0.1, 0.15) is 6.10 Å². The van der Waals surface area contributed by atoms with E-state index in [0.717, 1.165) is 16.7 Å². The van der Waals surface area contributed by atoms with E-state index in [1.54, 1.807) is 54.9 Å². The van der Waals surface area contributed by atoms with Gasteiger partial charge in [-0.1, -0.05) is 18.2 Å². The molecule has 7 heteroatoms. The van der Waals surface area contributed by atoms with Crippen LogP contribution in [0.25, 0.3) is 11.1 Å². The Morgan fingerprint density at radius 2 is 1.81 bits per heavy atom. The number of anilines is 1. The van der Waals surface area contributed by atoms with Crippen LogP contribution in [0.15, 0.2) is 67.0 Å². The molecule has 3 N–H and O–H groups in total. The highest BCUT2D eigenvalue weighted by Crippen LogP contribution is 2.27. The van der Waals surface area contributed by atoms with Crippen LogP contribution in [0.5, 0.6) is 0 Å². The van der Waals surface area contributed by atoms with Gasteiger partial charge < -0.3 is 20.5 Å². The van der Waals surface area contributed by atoms with E-state index >= 15 is 0 Å². The minimum absolute atomic E-state index is 0.125. The zero-order valence-corrected chi connectivity index (χ0v) is 17.6. The zero-order chi connectivity index (χ0) is 22.3. The van der Waals surface area contributed by atoms with Crippen LogP contribution in [0.2, 0.25) is 0 Å². The van der Waals surface area contributed by atoms with Crippen molar-refractivity contribution in [1.82, 2.24) is 4.98 Å². The molecule has 1 aliphatic rings. The van der Waals surface area contributed by atoms with Crippen LogP contribution in [0.4, 0.5) is 5.69 Å². The second kappa shape index (κ2) is 10.2. The number of amides is 1. The molecule has 1 amide bonds. The van der Waals surface area contributed by atoms with Crippen LogP contribution in [-0.4, -0.2) is 36.2 Å². The Labute approximate surface area is 186 Å². The Balaban J connectivity index is 1.58. The van der Waals surface area contributed by atoms with Crippen LogP contribution in [0.3, 0.4) is 0 Å². The van der Waals surface area contributed by atoms with E-state index in [2.05, 4.69) is 10.3 Å². The smallest absolute Gasteiger partial charge is 0.338 e. The summed E-state index contributed by atoms with van der Waals surface area (Å²) in [4.78, 5) is 29.4. The van der Waals surface area contributed by atoms with Crippen molar-refractivity contribution in [2.75, 3.05) is 18.5 Å². The van der Waals surface area contributed by atoms with Gasteiger partial charge in [-0.25, -0.2) is 4.79 Å².